The third-order valence-electron chi connectivity index (χ3n) is 5.44. The van der Waals surface area contributed by atoms with Crippen LogP contribution in [0.2, 0.25) is 0 Å². The van der Waals surface area contributed by atoms with Crippen LogP contribution >= 0.6 is 23.1 Å². The lowest BCUT2D eigenvalue weighted by atomic mass is 9.97. The van der Waals surface area contributed by atoms with Gasteiger partial charge < -0.3 is 10.2 Å². The molecule has 0 atom stereocenters. The van der Waals surface area contributed by atoms with Crippen LogP contribution in [0.5, 0.6) is 0 Å². The van der Waals surface area contributed by atoms with E-state index in [0.717, 1.165) is 12.1 Å². The number of aromatic nitrogens is 2. The van der Waals surface area contributed by atoms with Gasteiger partial charge in [0.25, 0.3) is 0 Å². The molecule has 2 aliphatic rings. The number of thioether (sulfide) groups is 1. The van der Waals surface area contributed by atoms with Crippen LogP contribution in [0.4, 0.5) is 10.8 Å². The molecule has 12 heteroatoms. The minimum absolute atomic E-state index is 0.0216. The zero-order valence-electron chi connectivity index (χ0n) is 17.0. The largest absolute Gasteiger partial charge is 0.311 e. The van der Waals surface area contributed by atoms with Gasteiger partial charge in [-0.2, -0.15) is 0 Å². The first-order chi connectivity index (χ1) is 14.8. The van der Waals surface area contributed by atoms with E-state index in [9.17, 15) is 18.0 Å². The van der Waals surface area contributed by atoms with Gasteiger partial charge in [-0.1, -0.05) is 41.3 Å². The summed E-state index contributed by atoms with van der Waals surface area (Å²) in [7, 11) is -3.22. The molecule has 0 spiro atoms. The van der Waals surface area contributed by atoms with E-state index in [-0.39, 0.29) is 23.5 Å². The van der Waals surface area contributed by atoms with Crippen molar-refractivity contribution in [2.45, 2.75) is 23.6 Å². The lowest BCUT2D eigenvalue weighted by Crippen LogP contribution is -2.40. The van der Waals surface area contributed by atoms with Crippen LogP contribution in [0.25, 0.3) is 0 Å². The Morgan fingerprint density at radius 3 is 2.68 bits per heavy atom. The number of amides is 2. The Balaban J connectivity index is 1.26. The highest BCUT2D eigenvalue weighted by atomic mass is 32.2. The van der Waals surface area contributed by atoms with E-state index >= 15 is 0 Å². The predicted octanol–water partition coefficient (Wildman–Crippen LogP) is 1.83. The number of hydrogen-bond donors (Lipinski definition) is 1. The van der Waals surface area contributed by atoms with Crippen molar-refractivity contribution in [1.82, 2.24) is 14.5 Å². The summed E-state index contributed by atoms with van der Waals surface area (Å²) in [5.74, 6) is -0.158. The normalized spacial score (nSPS) is 17.5. The number of hydrogen-bond acceptors (Lipinski definition) is 8. The molecule has 1 fully saturated rings. The first-order valence-corrected chi connectivity index (χ1v) is 13.6. The van der Waals surface area contributed by atoms with Gasteiger partial charge in [-0.3, -0.25) is 9.59 Å². The molecule has 1 saturated heterocycles. The van der Waals surface area contributed by atoms with E-state index in [1.807, 2.05) is 24.3 Å². The van der Waals surface area contributed by atoms with Crippen molar-refractivity contribution in [3.8, 4) is 0 Å². The maximum atomic E-state index is 12.6. The Kier molecular flexibility index (Phi) is 6.60. The summed E-state index contributed by atoms with van der Waals surface area (Å²) in [5, 5.41) is 11.2. The van der Waals surface area contributed by atoms with Gasteiger partial charge in [-0.25, -0.2) is 12.7 Å². The summed E-state index contributed by atoms with van der Waals surface area (Å²) in [4.78, 5) is 26.9. The van der Waals surface area contributed by atoms with Crippen molar-refractivity contribution in [3.63, 3.8) is 0 Å². The number of nitrogens with one attached hydrogen (secondary N) is 1. The van der Waals surface area contributed by atoms with Crippen molar-refractivity contribution in [3.05, 3.63) is 29.8 Å². The van der Waals surface area contributed by atoms with Crippen LogP contribution in [0.3, 0.4) is 0 Å². The highest BCUT2D eigenvalue weighted by molar-refractivity contribution is 8.01. The highest BCUT2D eigenvalue weighted by Crippen LogP contribution is 2.31. The molecule has 1 aromatic carbocycles. The summed E-state index contributed by atoms with van der Waals surface area (Å²) in [6.07, 6.45) is 3.00. The third-order valence-corrected chi connectivity index (χ3v) is 8.70. The van der Waals surface area contributed by atoms with Gasteiger partial charge >= 0.3 is 0 Å². The van der Waals surface area contributed by atoms with E-state index in [2.05, 4.69) is 15.5 Å². The number of rotatable bonds is 6. The maximum absolute atomic E-state index is 12.6. The molecular formula is C19H23N5O4S3. The van der Waals surface area contributed by atoms with E-state index in [0.29, 0.717) is 41.9 Å². The number of fused-ring (bicyclic) bond motifs is 1. The Labute approximate surface area is 189 Å². The SMILES string of the molecule is CS(=O)(=O)N1CCC(C(=O)Nc2nnc(SCC(=O)N3CCc4ccccc43)s2)CC1. The topological polar surface area (TPSA) is 113 Å². The van der Waals surface area contributed by atoms with Crippen molar-refractivity contribution in [1.29, 1.82) is 0 Å². The molecule has 0 bridgehead atoms. The van der Waals surface area contributed by atoms with Crippen LogP contribution in [0, 0.1) is 5.92 Å². The molecule has 9 nitrogen and oxygen atoms in total. The molecule has 1 aromatic heterocycles. The molecular weight excluding hydrogens is 458 g/mol. The summed E-state index contributed by atoms with van der Waals surface area (Å²) >= 11 is 2.54. The number of piperidine rings is 1. The van der Waals surface area contributed by atoms with Gasteiger partial charge in [0, 0.05) is 31.2 Å². The van der Waals surface area contributed by atoms with Crippen molar-refractivity contribution >= 4 is 55.8 Å². The van der Waals surface area contributed by atoms with Gasteiger partial charge in [0.2, 0.25) is 27.0 Å². The van der Waals surface area contributed by atoms with E-state index < -0.39 is 10.0 Å². The standard InChI is InChI=1S/C19H23N5O4S3/c1-31(27,28)23-9-6-14(7-10-23)17(26)20-18-21-22-19(30-18)29-12-16(25)24-11-8-13-4-2-3-5-15(13)24/h2-5,14H,6-12H2,1H3,(H,20,21,26). The molecule has 4 rings (SSSR count). The number of carbonyl (C=O) groups excluding carboxylic acids is 2. The van der Waals surface area contributed by atoms with Gasteiger partial charge in [-0.05, 0) is 30.9 Å². The maximum Gasteiger partial charge on any atom is 0.237 e. The minimum Gasteiger partial charge on any atom is -0.311 e. The monoisotopic (exact) mass is 481 g/mol. The average Bonchev–Trinajstić information content (AvgIpc) is 3.38. The van der Waals surface area contributed by atoms with Gasteiger partial charge in [-0.15, -0.1) is 10.2 Å². The van der Waals surface area contributed by atoms with Crippen LogP contribution in [0.1, 0.15) is 18.4 Å². The number of benzene rings is 1. The van der Waals surface area contributed by atoms with E-state index in [1.165, 1.54) is 39.2 Å². The number of para-hydroxylation sites is 1. The molecule has 3 heterocycles. The molecule has 0 saturated carbocycles. The van der Waals surface area contributed by atoms with Gasteiger partial charge in [0.15, 0.2) is 4.34 Å². The quantitative estimate of drug-likeness (QED) is 0.495. The first kappa shape index (κ1) is 22.2. The summed E-state index contributed by atoms with van der Waals surface area (Å²) in [6.45, 7) is 1.38. The van der Waals surface area contributed by atoms with Crippen LogP contribution in [-0.4, -0.2) is 66.4 Å². The van der Waals surface area contributed by atoms with E-state index in [4.69, 9.17) is 0 Å². The molecule has 0 aliphatic carbocycles. The van der Waals surface area contributed by atoms with Crippen molar-refractivity contribution in [2.75, 3.05) is 41.9 Å². The van der Waals surface area contributed by atoms with Crippen LogP contribution in [0.15, 0.2) is 28.6 Å². The third kappa shape index (κ3) is 5.25. The zero-order valence-corrected chi connectivity index (χ0v) is 19.4. The summed E-state index contributed by atoms with van der Waals surface area (Å²) in [5.41, 5.74) is 2.16. The fourth-order valence-corrected chi connectivity index (χ4v) is 6.28. The first-order valence-electron chi connectivity index (χ1n) is 9.92. The number of anilines is 2. The average molecular weight is 482 g/mol. The molecule has 0 unspecified atom stereocenters. The predicted molar refractivity (Wildman–Crippen MR) is 121 cm³/mol. The van der Waals surface area contributed by atoms with Crippen molar-refractivity contribution < 1.29 is 18.0 Å². The highest BCUT2D eigenvalue weighted by Gasteiger charge is 2.29. The Bertz CT molecular complexity index is 1080. The number of carbonyl (C=O) groups is 2. The smallest absolute Gasteiger partial charge is 0.237 e. The zero-order chi connectivity index (χ0) is 22.0. The Hall–Kier alpha value is -2.02. The fraction of sp³-hybridized carbons (Fsp3) is 0.474. The van der Waals surface area contributed by atoms with Crippen molar-refractivity contribution in [2.24, 2.45) is 5.92 Å². The lowest BCUT2D eigenvalue weighted by Gasteiger charge is -2.29. The van der Waals surface area contributed by atoms with Crippen LogP contribution < -0.4 is 10.2 Å². The molecule has 2 aromatic rings. The minimum atomic E-state index is -3.22. The second kappa shape index (κ2) is 9.23. The number of sulfonamides is 1. The molecule has 0 radical (unpaired) electrons. The molecule has 31 heavy (non-hydrogen) atoms. The second-order valence-corrected chi connectivity index (χ2v) is 11.7. The summed E-state index contributed by atoms with van der Waals surface area (Å²) < 4.78 is 25.2. The molecule has 2 amide bonds. The molecule has 2 aliphatic heterocycles. The molecule has 1 N–H and O–H groups in total. The number of nitrogens with zero attached hydrogens (tertiary/aromatic N) is 4. The van der Waals surface area contributed by atoms with Crippen LogP contribution in [-0.2, 0) is 26.0 Å². The lowest BCUT2D eigenvalue weighted by molar-refractivity contribution is -0.121. The van der Waals surface area contributed by atoms with Gasteiger partial charge in [0.1, 0.15) is 0 Å². The van der Waals surface area contributed by atoms with E-state index in [1.54, 1.807) is 4.90 Å². The molecule has 166 valence electrons. The Morgan fingerprint density at radius 1 is 1.19 bits per heavy atom. The Morgan fingerprint density at radius 2 is 1.94 bits per heavy atom. The van der Waals surface area contributed by atoms with Gasteiger partial charge in [0.05, 0.1) is 12.0 Å². The second-order valence-electron chi connectivity index (χ2n) is 7.51. The summed E-state index contributed by atoms with van der Waals surface area (Å²) in [6, 6.07) is 7.92. The fourth-order valence-electron chi connectivity index (χ4n) is 3.77.